The lowest BCUT2D eigenvalue weighted by atomic mass is 10.0. The topological polar surface area (TPSA) is 24.5 Å². The predicted molar refractivity (Wildman–Crippen MR) is 68.8 cm³/mol. The lowest BCUT2D eigenvalue weighted by Gasteiger charge is -2.27. The maximum atomic E-state index is 5.82. The van der Waals surface area contributed by atoms with Crippen LogP contribution in [-0.4, -0.2) is 50.3 Å². The van der Waals surface area contributed by atoms with Gasteiger partial charge in [-0.25, -0.2) is 0 Å². The van der Waals surface area contributed by atoms with E-state index in [1.807, 2.05) is 0 Å². The van der Waals surface area contributed by atoms with Gasteiger partial charge in [0.15, 0.2) is 0 Å². The van der Waals surface area contributed by atoms with Gasteiger partial charge in [0.2, 0.25) is 0 Å². The van der Waals surface area contributed by atoms with Crippen LogP contribution in [-0.2, 0) is 4.74 Å². The first-order chi connectivity index (χ1) is 7.49. The lowest BCUT2D eigenvalue weighted by Crippen LogP contribution is -2.44. The van der Waals surface area contributed by atoms with E-state index in [1.165, 1.54) is 12.8 Å². The molecule has 1 fully saturated rings. The molecule has 0 aromatic carbocycles. The second-order valence-corrected chi connectivity index (χ2v) is 5.67. The molecule has 3 nitrogen and oxygen atoms in total. The van der Waals surface area contributed by atoms with Crippen molar-refractivity contribution in [3.05, 3.63) is 0 Å². The molecule has 1 rings (SSSR count). The van der Waals surface area contributed by atoms with E-state index in [0.717, 1.165) is 13.1 Å². The summed E-state index contributed by atoms with van der Waals surface area (Å²) >= 11 is 0. The molecule has 0 aromatic heterocycles. The molecule has 96 valence electrons. The summed E-state index contributed by atoms with van der Waals surface area (Å²) in [7, 11) is 4.26. The van der Waals surface area contributed by atoms with E-state index in [-0.39, 0.29) is 0 Å². The highest BCUT2D eigenvalue weighted by atomic mass is 16.5. The Kier molecular flexibility index (Phi) is 5.73. The van der Waals surface area contributed by atoms with Crippen molar-refractivity contribution < 1.29 is 4.74 Å². The molecule has 1 N–H and O–H groups in total. The minimum atomic E-state index is 0.429. The number of ether oxygens (including phenoxy) is 1. The third-order valence-corrected chi connectivity index (χ3v) is 3.29. The van der Waals surface area contributed by atoms with Gasteiger partial charge in [0.05, 0.1) is 12.2 Å². The molecular weight excluding hydrogens is 200 g/mol. The molecule has 1 heterocycles. The monoisotopic (exact) mass is 228 g/mol. The molecule has 3 atom stereocenters. The van der Waals surface area contributed by atoms with Crippen LogP contribution >= 0.6 is 0 Å². The molecule has 0 saturated carbocycles. The second-order valence-electron chi connectivity index (χ2n) is 5.67. The smallest absolute Gasteiger partial charge is 0.0704 e. The Morgan fingerprint density at radius 2 is 2.00 bits per heavy atom. The van der Waals surface area contributed by atoms with Crippen molar-refractivity contribution in [2.45, 2.75) is 51.9 Å². The van der Waals surface area contributed by atoms with Gasteiger partial charge in [-0.15, -0.1) is 0 Å². The van der Waals surface area contributed by atoms with Crippen molar-refractivity contribution in [1.82, 2.24) is 10.2 Å². The van der Waals surface area contributed by atoms with E-state index in [2.05, 4.69) is 45.1 Å². The van der Waals surface area contributed by atoms with Gasteiger partial charge in [0.1, 0.15) is 0 Å². The fourth-order valence-corrected chi connectivity index (χ4v) is 2.22. The maximum absolute atomic E-state index is 5.82. The average Bonchev–Trinajstić information content (AvgIpc) is 2.58. The summed E-state index contributed by atoms with van der Waals surface area (Å²) < 4.78 is 5.82. The summed E-state index contributed by atoms with van der Waals surface area (Å²) in [6.07, 6.45) is 3.31. The highest BCUT2D eigenvalue weighted by molar-refractivity contribution is 4.78. The third kappa shape index (κ3) is 4.81. The Labute approximate surface area is 101 Å². The summed E-state index contributed by atoms with van der Waals surface area (Å²) in [4.78, 5) is 2.25. The zero-order valence-corrected chi connectivity index (χ0v) is 11.5. The number of hydrogen-bond acceptors (Lipinski definition) is 3. The largest absolute Gasteiger partial charge is 0.374 e. The maximum Gasteiger partial charge on any atom is 0.0704 e. The van der Waals surface area contributed by atoms with Crippen molar-refractivity contribution in [2.24, 2.45) is 5.92 Å². The van der Waals surface area contributed by atoms with Crippen molar-refractivity contribution >= 4 is 0 Å². The number of rotatable bonds is 6. The SMILES string of the molecule is CC1CCC(CNC(CN(C)C)C(C)C)O1. The van der Waals surface area contributed by atoms with Gasteiger partial charge in [0, 0.05) is 19.1 Å². The van der Waals surface area contributed by atoms with E-state index < -0.39 is 0 Å². The first-order valence-electron chi connectivity index (χ1n) is 6.52. The Bertz CT molecular complexity index is 194. The van der Waals surface area contributed by atoms with Crippen LogP contribution in [0, 0.1) is 5.92 Å². The van der Waals surface area contributed by atoms with E-state index in [1.54, 1.807) is 0 Å². The van der Waals surface area contributed by atoms with Crippen LogP contribution in [0.2, 0.25) is 0 Å². The molecule has 3 unspecified atom stereocenters. The second kappa shape index (κ2) is 6.58. The molecule has 0 aliphatic carbocycles. The molecular formula is C13H28N2O. The Morgan fingerprint density at radius 3 is 2.44 bits per heavy atom. The minimum absolute atomic E-state index is 0.429. The summed E-state index contributed by atoms with van der Waals surface area (Å²) in [6.45, 7) is 8.82. The fraction of sp³-hybridized carbons (Fsp3) is 1.00. The van der Waals surface area contributed by atoms with Crippen molar-refractivity contribution in [3.63, 3.8) is 0 Å². The molecule has 1 aliphatic rings. The van der Waals surface area contributed by atoms with Crippen LogP contribution in [0.25, 0.3) is 0 Å². The molecule has 1 saturated heterocycles. The molecule has 16 heavy (non-hydrogen) atoms. The van der Waals surface area contributed by atoms with E-state index >= 15 is 0 Å². The van der Waals surface area contributed by atoms with Crippen LogP contribution in [0.3, 0.4) is 0 Å². The summed E-state index contributed by atoms with van der Waals surface area (Å²) in [5.74, 6) is 0.668. The number of nitrogens with zero attached hydrogens (tertiary/aromatic N) is 1. The van der Waals surface area contributed by atoms with Gasteiger partial charge >= 0.3 is 0 Å². The molecule has 3 heteroatoms. The van der Waals surface area contributed by atoms with Crippen LogP contribution in [0.5, 0.6) is 0 Å². The molecule has 0 aromatic rings. The number of hydrogen-bond donors (Lipinski definition) is 1. The molecule has 0 radical (unpaired) electrons. The van der Waals surface area contributed by atoms with Crippen molar-refractivity contribution in [1.29, 1.82) is 0 Å². The first-order valence-corrected chi connectivity index (χ1v) is 6.52. The van der Waals surface area contributed by atoms with Gasteiger partial charge < -0.3 is 15.0 Å². The third-order valence-electron chi connectivity index (χ3n) is 3.29. The zero-order chi connectivity index (χ0) is 12.1. The van der Waals surface area contributed by atoms with Crippen LogP contribution in [0.4, 0.5) is 0 Å². The van der Waals surface area contributed by atoms with Crippen molar-refractivity contribution in [3.8, 4) is 0 Å². The summed E-state index contributed by atoms with van der Waals surface area (Å²) in [6, 6.07) is 0.564. The molecule has 0 spiro atoms. The van der Waals surface area contributed by atoms with Crippen LogP contribution in [0.1, 0.15) is 33.6 Å². The van der Waals surface area contributed by atoms with Gasteiger partial charge in [0.25, 0.3) is 0 Å². The van der Waals surface area contributed by atoms with E-state index in [9.17, 15) is 0 Å². The fourth-order valence-electron chi connectivity index (χ4n) is 2.22. The number of likely N-dealkylation sites (N-methyl/N-ethyl adjacent to an activating group) is 1. The first kappa shape index (κ1) is 13.9. The zero-order valence-electron chi connectivity index (χ0n) is 11.5. The molecule has 1 aliphatic heterocycles. The van der Waals surface area contributed by atoms with Gasteiger partial charge in [-0.1, -0.05) is 13.8 Å². The summed E-state index contributed by atoms with van der Waals surface area (Å²) in [5.41, 5.74) is 0. The lowest BCUT2D eigenvalue weighted by molar-refractivity contribution is 0.0525. The molecule has 0 amide bonds. The predicted octanol–water partition coefficient (Wildman–Crippen LogP) is 1.73. The molecule has 0 bridgehead atoms. The standard InChI is InChI=1S/C13H28N2O/c1-10(2)13(9-15(4)5)14-8-12-7-6-11(3)16-12/h10-14H,6-9H2,1-5H3. The minimum Gasteiger partial charge on any atom is -0.374 e. The average molecular weight is 228 g/mol. The Hall–Kier alpha value is -0.120. The summed E-state index contributed by atoms with van der Waals surface area (Å²) in [5, 5.41) is 3.65. The van der Waals surface area contributed by atoms with Crippen LogP contribution in [0.15, 0.2) is 0 Å². The van der Waals surface area contributed by atoms with Gasteiger partial charge in [-0.2, -0.15) is 0 Å². The highest BCUT2D eigenvalue weighted by Crippen LogP contribution is 2.18. The highest BCUT2D eigenvalue weighted by Gasteiger charge is 2.23. The normalized spacial score (nSPS) is 27.9. The van der Waals surface area contributed by atoms with E-state index in [4.69, 9.17) is 4.74 Å². The van der Waals surface area contributed by atoms with Crippen molar-refractivity contribution in [2.75, 3.05) is 27.2 Å². The van der Waals surface area contributed by atoms with Gasteiger partial charge in [-0.05, 0) is 39.8 Å². The van der Waals surface area contributed by atoms with Gasteiger partial charge in [-0.3, -0.25) is 0 Å². The quantitative estimate of drug-likeness (QED) is 0.749. The Morgan fingerprint density at radius 1 is 1.31 bits per heavy atom. The van der Waals surface area contributed by atoms with E-state index in [0.29, 0.717) is 24.2 Å². The Balaban J connectivity index is 2.26. The number of nitrogens with one attached hydrogen (secondary N) is 1. The van der Waals surface area contributed by atoms with Crippen LogP contribution < -0.4 is 5.32 Å².